The molecule has 1 aromatic heterocycles. The average molecular weight is 440 g/mol. The summed E-state index contributed by atoms with van der Waals surface area (Å²) in [6.45, 7) is 3.58. The number of amides is 2. The predicted molar refractivity (Wildman–Crippen MR) is 106 cm³/mol. The number of hydrogen-bond donors (Lipinski definition) is 2. The predicted octanol–water partition coefficient (Wildman–Crippen LogP) is 3.39. The van der Waals surface area contributed by atoms with Crippen molar-refractivity contribution in [1.82, 2.24) is 20.7 Å². The molecule has 1 saturated carbocycles. The number of aryl methyl sites for hydroxylation is 1. The Morgan fingerprint density at radius 3 is 2.57 bits per heavy atom. The van der Waals surface area contributed by atoms with Crippen molar-refractivity contribution in [2.45, 2.75) is 51.4 Å². The number of aromatic nitrogens is 1. The molecule has 10 heteroatoms. The molecule has 2 amide bonds. The van der Waals surface area contributed by atoms with Gasteiger partial charge in [-0.25, -0.2) is 4.98 Å². The van der Waals surface area contributed by atoms with Crippen LogP contribution in [0.2, 0.25) is 0 Å². The lowest BCUT2D eigenvalue weighted by Gasteiger charge is -2.29. The summed E-state index contributed by atoms with van der Waals surface area (Å²) in [5.41, 5.74) is 5.36. The number of nitrogens with zero attached hydrogens (tertiary/aromatic N) is 2. The van der Waals surface area contributed by atoms with Gasteiger partial charge in [-0.1, -0.05) is 12.1 Å². The molecule has 3 rings (SSSR count). The Kier molecular flexibility index (Phi) is 6.77. The Labute approximate surface area is 176 Å². The van der Waals surface area contributed by atoms with Crippen LogP contribution in [0, 0.1) is 6.92 Å². The molecular formula is C20H23F3N4O2S. The second-order valence-electron chi connectivity index (χ2n) is 7.36. The fourth-order valence-corrected chi connectivity index (χ4v) is 3.94. The van der Waals surface area contributed by atoms with Gasteiger partial charge in [-0.2, -0.15) is 13.2 Å². The smallest absolute Gasteiger partial charge is 0.285 e. The van der Waals surface area contributed by atoms with E-state index in [2.05, 4.69) is 15.8 Å². The molecule has 0 aliphatic heterocycles. The van der Waals surface area contributed by atoms with Crippen molar-refractivity contribution in [1.29, 1.82) is 0 Å². The maximum atomic E-state index is 13.0. The van der Waals surface area contributed by atoms with Crippen molar-refractivity contribution < 1.29 is 22.8 Å². The van der Waals surface area contributed by atoms with E-state index in [0.29, 0.717) is 10.6 Å². The zero-order valence-electron chi connectivity index (χ0n) is 16.6. The number of halogens is 3. The van der Waals surface area contributed by atoms with Gasteiger partial charge in [-0.05, 0) is 44.4 Å². The lowest BCUT2D eigenvalue weighted by Crippen LogP contribution is -2.47. The molecule has 0 saturated heterocycles. The number of hydrogen-bond acceptors (Lipinski definition) is 5. The monoisotopic (exact) mass is 440 g/mol. The minimum atomic E-state index is -4.42. The number of benzene rings is 1. The maximum absolute atomic E-state index is 13.0. The molecule has 30 heavy (non-hydrogen) atoms. The molecule has 1 aliphatic carbocycles. The van der Waals surface area contributed by atoms with Gasteiger partial charge in [0.1, 0.15) is 5.01 Å². The first-order chi connectivity index (χ1) is 14.1. The lowest BCUT2D eigenvalue weighted by atomic mass is 10.0. The molecule has 0 bridgehead atoms. The molecule has 1 fully saturated rings. The van der Waals surface area contributed by atoms with Crippen molar-refractivity contribution in [3.63, 3.8) is 0 Å². The van der Waals surface area contributed by atoms with E-state index in [-0.39, 0.29) is 31.0 Å². The fraction of sp³-hybridized carbons (Fsp3) is 0.450. The molecule has 0 radical (unpaired) electrons. The van der Waals surface area contributed by atoms with Crippen LogP contribution in [0.3, 0.4) is 0 Å². The van der Waals surface area contributed by atoms with E-state index in [9.17, 15) is 22.8 Å². The molecule has 1 atom stereocenters. The first-order valence-corrected chi connectivity index (χ1v) is 10.4. The van der Waals surface area contributed by atoms with Gasteiger partial charge >= 0.3 is 6.18 Å². The Morgan fingerprint density at radius 2 is 1.97 bits per heavy atom. The molecule has 0 spiro atoms. The molecule has 1 unspecified atom stereocenters. The van der Waals surface area contributed by atoms with Gasteiger partial charge in [0.2, 0.25) is 5.91 Å². The standard InChI is InChI=1S/C20H23F3N4O2S/c1-12-11-30-19(24-12)9-17(28)25-26-18(29)10-27(16-6-7-16)13(2)14-4-3-5-15(8-14)20(21,22)23/h3-5,8,11,13,16H,6-7,9-10H2,1-2H3,(H,25,28)(H,26,29). The van der Waals surface area contributed by atoms with Crippen LogP contribution in [-0.4, -0.2) is 34.3 Å². The first kappa shape index (κ1) is 22.2. The zero-order chi connectivity index (χ0) is 21.9. The number of hydrazine groups is 1. The third-order valence-electron chi connectivity index (χ3n) is 4.86. The number of alkyl halides is 3. The fourth-order valence-electron chi connectivity index (χ4n) is 3.16. The molecule has 1 aromatic carbocycles. The number of nitrogens with one attached hydrogen (secondary N) is 2. The highest BCUT2D eigenvalue weighted by Gasteiger charge is 2.35. The summed E-state index contributed by atoms with van der Waals surface area (Å²) in [6, 6.07) is 4.92. The van der Waals surface area contributed by atoms with Crippen molar-refractivity contribution >= 4 is 23.2 Å². The van der Waals surface area contributed by atoms with Gasteiger partial charge < -0.3 is 0 Å². The van der Waals surface area contributed by atoms with E-state index in [1.807, 2.05) is 17.2 Å². The Bertz CT molecular complexity index is 911. The quantitative estimate of drug-likeness (QED) is 0.648. The van der Waals surface area contributed by atoms with E-state index in [4.69, 9.17) is 0 Å². The number of carbonyl (C=O) groups is 2. The third-order valence-corrected chi connectivity index (χ3v) is 5.82. The summed E-state index contributed by atoms with van der Waals surface area (Å²) in [5.74, 6) is -0.814. The van der Waals surface area contributed by atoms with Crippen molar-refractivity contribution in [2.24, 2.45) is 0 Å². The van der Waals surface area contributed by atoms with Crippen LogP contribution in [0.5, 0.6) is 0 Å². The van der Waals surface area contributed by atoms with Crippen molar-refractivity contribution in [2.75, 3.05) is 6.54 Å². The number of rotatable bonds is 7. The highest BCUT2D eigenvalue weighted by atomic mass is 32.1. The summed E-state index contributed by atoms with van der Waals surface area (Å²) in [4.78, 5) is 30.4. The van der Waals surface area contributed by atoms with Crippen molar-refractivity contribution in [3.8, 4) is 0 Å². The zero-order valence-corrected chi connectivity index (χ0v) is 17.4. The SMILES string of the molecule is Cc1csc(CC(=O)NNC(=O)CN(C2CC2)C(C)c2cccc(C(F)(F)F)c2)n1. The van der Waals surface area contributed by atoms with E-state index in [1.165, 1.54) is 17.4 Å². The summed E-state index contributed by atoms with van der Waals surface area (Å²) < 4.78 is 39.1. The molecule has 2 aromatic rings. The second-order valence-corrected chi connectivity index (χ2v) is 8.30. The molecule has 1 aliphatic rings. The van der Waals surface area contributed by atoms with Gasteiger partial charge in [-0.3, -0.25) is 25.3 Å². The van der Waals surface area contributed by atoms with Crippen LogP contribution >= 0.6 is 11.3 Å². The van der Waals surface area contributed by atoms with Crippen LogP contribution in [0.4, 0.5) is 13.2 Å². The normalized spacial score (nSPS) is 15.1. The average Bonchev–Trinajstić information content (AvgIpc) is 3.45. The topological polar surface area (TPSA) is 74.3 Å². The number of carbonyl (C=O) groups excluding carboxylic acids is 2. The van der Waals surface area contributed by atoms with Gasteiger partial charge in [0.25, 0.3) is 5.91 Å². The Balaban J connectivity index is 1.57. The summed E-state index contributed by atoms with van der Waals surface area (Å²) >= 11 is 1.37. The van der Waals surface area contributed by atoms with Crippen LogP contribution in [0.25, 0.3) is 0 Å². The van der Waals surface area contributed by atoms with Crippen LogP contribution in [-0.2, 0) is 22.2 Å². The van der Waals surface area contributed by atoms with Gasteiger partial charge in [0.05, 0.1) is 18.5 Å². The van der Waals surface area contributed by atoms with Gasteiger partial charge in [0.15, 0.2) is 0 Å². The molecule has 162 valence electrons. The summed E-state index contributed by atoms with van der Waals surface area (Å²) in [5, 5.41) is 2.49. The van der Waals surface area contributed by atoms with Gasteiger partial charge in [0, 0.05) is 23.2 Å². The largest absolute Gasteiger partial charge is 0.416 e. The van der Waals surface area contributed by atoms with Gasteiger partial charge in [-0.15, -0.1) is 11.3 Å². The van der Waals surface area contributed by atoms with Crippen LogP contribution in [0.1, 0.15) is 47.6 Å². The second kappa shape index (κ2) is 9.13. The first-order valence-electron chi connectivity index (χ1n) is 9.55. The highest BCUT2D eigenvalue weighted by molar-refractivity contribution is 7.09. The molecule has 2 N–H and O–H groups in total. The number of thiazole rings is 1. The van der Waals surface area contributed by atoms with E-state index < -0.39 is 17.6 Å². The molecule has 6 nitrogen and oxygen atoms in total. The molecule has 1 heterocycles. The Hall–Kier alpha value is -2.46. The summed E-state index contributed by atoms with van der Waals surface area (Å²) in [7, 11) is 0. The minimum absolute atomic E-state index is 0.0290. The van der Waals surface area contributed by atoms with Crippen LogP contribution < -0.4 is 10.9 Å². The van der Waals surface area contributed by atoms with E-state index in [0.717, 1.165) is 30.7 Å². The third kappa shape index (κ3) is 6.02. The molecular weight excluding hydrogens is 417 g/mol. The summed E-state index contributed by atoms with van der Waals surface area (Å²) in [6.07, 6.45) is -2.60. The minimum Gasteiger partial charge on any atom is -0.285 e. The lowest BCUT2D eigenvalue weighted by molar-refractivity contribution is -0.137. The maximum Gasteiger partial charge on any atom is 0.416 e. The van der Waals surface area contributed by atoms with E-state index >= 15 is 0 Å². The van der Waals surface area contributed by atoms with Crippen LogP contribution in [0.15, 0.2) is 29.6 Å². The highest BCUT2D eigenvalue weighted by Crippen LogP contribution is 2.36. The Morgan fingerprint density at radius 1 is 1.27 bits per heavy atom. The van der Waals surface area contributed by atoms with Crippen molar-refractivity contribution in [3.05, 3.63) is 51.5 Å². The van der Waals surface area contributed by atoms with E-state index in [1.54, 1.807) is 13.0 Å².